The highest BCUT2D eigenvalue weighted by atomic mass is 32.2. The van der Waals surface area contributed by atoms with E-state index in [2.05, 4.69) is 15.1 Å². The van der Waals surface area contributed by atoms with Crippen LogP contribution in [0.3, 0.4) is 0 Å². The lowest BCUT2D eigenvalue weighted by molar-refractivity contribution is -0.121. The fraction of sp³-hybridized carbons (Fsp3) is 0.542. The number of benzene rings is 1. The number of sulfonamides is 1. The summed E-state index contributed by atoms with van der Waals surface area (Å²) in [7, 11) is -1.99. The summed E-state index contributed by atoms with van der Waals surface area (Å²) in [5.74, 6) is 1.69. The highest BCUT2D eigenvalue weighted by molar-refractivity contribution is 7.89. The van der Waals surface area contributed by atoms with Crippen molar-refractivity contribution >= 4 is 20.9 Å². The maximum atomic E-state index is 13.5. The number of aromatic nitrogens is 3. The Morgan fingerprint density at radius 2 is 2.03 bits per heavy atom. The zero-order chi connectivity index (χ0) is 23.6. The van der Waals surface area contributed by atoms with Crippen molar-refractivity contribution in [2.24, 2.45) is 5.92 Å². The van der Waals surface area contributed by atoms with Gasteiger partial charge in [0.05, 0.1) is 17.7 Å². The summed E-state index contributed by atoms with van der Waals surface area (Å²) in [5, 5.41) is 4.86. The first-order chi connectivity index (χ1) is 16.5. The number of nitrogens with zero attached hydrogens (tertiary/aromatic N) is 4. The summed E-state index contributed by atoms with van der Waals surface area (Å²) in [5.41, 5.74) is 0.217. The van der Waals surface area contributed by atoms with Crippen LogP contribution in [0.4, 0.5) is 0 Å². The second kappa shape index (κ2) is 9.69. The summed E-state index contributed by atoms with van der Waals surface area (Å²) in [6.45, 7) is 2.09. The Morgan fingerprint density at radius 3 is 2.85 bits per heavy atom. The highest BCUT2D eigenvalue weighted by Crippen LogP contribution is 2.40. The first kappa shape index (κ1) is 23.3. The third kappa shape index (κ3) is 4.72. The lowest BCUT2D eigenvalue weighted by Crippen LogP contribution is -2.50. The first-order valence-corrected chi connectivity index (χ1v) is 13.2. The summed E-state index contributed by atoms with van der Waals surface area (Å²) in [6.07, 6.45) is 6.12. The molecular formula is C24H30N4O5S. The van der Waals surface area contributed by atoms with Gasteiger partial charge in [-0.25, -0.2) is 8.42 Å². The molecule has 2 aromatic heterocycles. The molecule has 0 aliphatic carbocycles. The second-order valence-electron chi connectivity index (χ2n) is 9.18. The van der Waals surface area contributed by atoms with Gasteiger partial charge in [0.15, 0.2) is 5.82 Å². The van der Waals surface area contributed by atoms with Crippen LogP contribution < -0.4 is 0 Å². The second-order valence-corrected chi connectivity index (χ2v) is 11.1. The van der Waals surface area contributed by atoms with Crippen LogP contribution in [-0.4, -0.2) is 66.9 Å². The minimum absolute atomic E-state index is 0.268. The van der Waals surface area contributed by atoms with Gasteiger partial charge < -0.3 is 14.0 Å². The van der Waals surface area contributed by atoms with Crippen LogP contribution in [0, 0.1) is 5.92 Å². The van der Waals surface area contributed by atoms with E-state index in [9.17, 15) is 8.42 Å². The Labute approximate surface area is 199 Å². The van der Waals surface area contributed by atoms with Crippen LogP contribution in [0.2, 0.25) is 0 Å². The van der Waals surface area contributed by atoms with Gasteiger partial charge in [-0.15, -0.1) is 0 Å². The third-order valence-electron chi connectivity index (χ3n) is 6.95. The van der Waals surface area contributed by atoms with E-state index in [1.165, 1.54) is 0 Å². The van der Waals surface area contributed by atoms with Crippen LogP contribution in [0.15, 0.2) is 45.9 Å². The number of hydrogen-bond acceptors (Lipinski definition) is 8. The van der Waals surface area contributed by atoms with E-state index >= 15 is 0 Å². The van der Waals surface area contributed by atoms with E-state index in [0.717, 1.165) is 24.6 Å². The van der Waals surface area contributed by atoms with Gasteiger partial charge >= 0.3 is 0 Å². The minimum Gasteiger partial charge on any atom is -0.384 e. The monoisotopic (exact) mass is 486 g/mol. The lowest BCUT2D eigenvalue weighted by atomic mass is 9.79. The number of para-hydroxylation sites is 1. The molecular weight excluding hydrogens is 456 g/mol. The van der Waals surface area contributed by atoms with Crippen LogP contribution in [0.25, 0.3) is 10.9 Å². The molecule has 0 N–H and O–H groups in total. The molecule has 34 heavy (non-hydrogen) atoms. The van der Waals surface area contributed by atoms with Crippen molar-refractivity contribution in [2.45, 2.75) is 49.0 Å². The molecule has 2 aliphatic rings. The zero-order valence-corrected chi connectivity index (χ0v) is 20.2. The molecule has 1 atom stereocenters. The predicted octanol–water partition coefficient (Wildman–Crippen LogP) is 3.00. The molecule has 2 saturated heterocycles. The Morgan fingerprint density at radius 1 is 1.21 bits per heavy atom. The molecule has 10 heteroatoms. The van der Waals surface area contributed by atoms with Gasteiger partial charge in [-0.3, -0.25) is 4.98 Å². The van der Waals surface area contributed by atoms with E-state index in [0.29, 0.717) is 68.7 Å². The summed E-state index contributed by atoms with van der Waals surface area (Å²) >= 11 is 0. The summed E-state index contributed by atoms with van der Waals surface area (Å²) < 4.78 is 45.3. The Kier molecular flexibility index (Phi) is 6.65. The number of methoxy groups -OCH3 is 1. The lowest BCUT2D eigenvalue weighted by Gasteiger charge is -2.45. The maximum Gasteiger partial charge on any atom is 0.245 e. The average molecular weight is 487 g/mol. The molecule has 182 valence electrons. The quantitative estimate of drug-likeness (QED) is 0.502. The topological polar surface area (TPSA) is 108 Å². The number of ether oxygens (including phenoxy) is 2. The molecule has 0 saturated carbocycles. The fourth-order valence-corrected chi connectivity index (χ4v) is 6.73. The molecule has 1 spiro atoms. The molecule has 0 bridgehead atoms. The van der Waals surface area contributed by atoms with Crippen molar-refractivity contribution < 1.29 is 22.4 Å². The van der Waals surface area contributed by atoms with Gasteiger partial charge in [-0.05, 0) is 43.7 Å². The third-order valence-corrected chi connectivity index (χ3v) is 8.88. The number of hydrogen-bond donors (Lipinski definition) is 0. The van der Waals surface area contributed by atoms with Gasteiger partial charge in [0.2, 0.25) is 15.9 Å². The molecule has 2 fully saturated rings. The van der Waals surface area contributed by atoms with Crippen molar-refractivity contribution in [3.8, 4) is 0 Å². The number of pyridine rings is 1. The number of piperidine rings is 1. The normalized spacial score (nSPS) is 21.3. The largest absolute Gasteiger partial charge is 0.384 e. The van der Waals surface area contributed by atoms with Crippen LogP contribution in [-0.2, 0) is 32.3 Å². The van der Waals surface area contributed by atoms with E-state index < -0.39 is 10.0 Å². The summed E-state index contributed by atoms with van der Waals surface area (Å²) in [4.78, 5) is 9.09. The predicted molar refractivity (Wildman–Crippen MR) is 125 cm³/mol. The number of fused-ring (bicyclic) bond motifs is 1. The molecule has 3 aromatic rings. The molecule has 4 heterocycles. The van der Waals surface area contributed by atoms with Gasteiger partial charge in [0, 0.05) is 51.2 Å². The first-order valence-electron chi connectivity index (χ1n) is 11.8. The number of rotatable bonds is 7. The molecule has 1 aromatic carbocycles. The fourth-order valence-electron chi connectivity index (χ4n) is 5.12. The Bertz CT molecular complexity index is 1230. The SMILES string of the molecule is COCCc1noc(CC2CCOC3(CCN(S(=O)(=O)c4cccc5cccnc45)CC3)C2)n1. The van der Waals surface area contributed by atoms with Crippen molar-refractivity contribution in [3.05, 3.63) is 48.2 Å². The van der Waals surface area contributed by atoms with E-state index in [4.69, 9.17) is 14.0 Å². The van der Waals surface area contributed by atoms with Gasteiger partial charge in [-0.2, -0.15) is 9.29 Å². The van der Waals surface area contributed by atoms with Gasteiger partial charge in [0.1, 0.15) is 4.90 Å². The Hall–Kier alpha value is -2.40. The molecule has 5 rings (SSSR count). The zero-order valence-electron chi connectivity index (χ0n) is 19.4. The van der Waals surface area contributed by atoms with E-state index in [-0.39, 0.29) is 10.5 Å². The Balaban J connectivity index is 1.24. The van der Waals surface area contributed by atoms with E-state index in [1.54, 1.807) is 29.7 Å². The molecule has 9 nitrogen and oxygen atoms in total. The van der Waals surface area contributed by atoms with E-state index in [1.807, 2.05) is 18.2 Å². The van der Waals surface area contributed by atoms with Crippen LogP contribution in [0.1, 0.15) is 37.4 Å². The minimum atomic E-state index is -3.64. The van der Waals surface area contributed by atoms with Gasteiger partial charge in [0.25, 0.3) is 0 Å². The van der Waals surface area contributed by atoms with Crippen molar-refractivity contribution in [1.29, 1.82) is 0 Å². The van der Waals surface area contributed by atoms with Crippen LogP contribution in [0.5, 0.6) is 0 Å². The maximum absolute atomic E-state index is 13.5. The van der Waals surface area contributed by atoms with Crippen molar-refractivity contribution in [3.63, 3.8) is 0 Å². The average Bonchev–Trinajstić information content (AvgIpc) is 3.30. The van der Waals surface area contributed by atoms with Crippen molar-refractivity contribution in [2.75, 3.05) is 33.4 Å². The highest BCUT2D eigenvalue weighted by Gasteiger charge is 2.43. The van der Waals surface area contributed by atoms with Gasteiger partial charge in [-0.1, -0.05) is 23.4 Å². The molecule has 2 aliphatic heterocycles. The summed E-state index contributed by atoms with van der Waals surface area (Å²) in [6, 6.07) is 9.00. The molecule has 1 unspecified atom stereocenters. The molecule has 0 amide bonds. The molecule has 0 radical (unpaired) electrons. The standard InChI is InChI=1S/C24H30N4O5S/c1-31-14-8-21-26-22(33-27-21)16-18-7-15-32-24(17-18)9-12-28(13-10-24)34(29,30)20-6-2-4-19-5-3-11-25-23(19)20/h2-6,11,18H,7-10,12-17H2,1H3. The van der Waals surface area contributed by atoms with Crippen molar-refractivity contribution in [1.82, 2.24) is 19.4 Å². The van der Waals surface area contributed by atoms with Crippen LogP contribution >= 0.6 is 0 Å². The smallest absolute Gasteiger partial charge is 0.245 e.